The second-order valence-electron chi connectivity index (χ2n) is 3.85. The number of carbonyl (C=O) groups is 1. The fourth-order valence-electron chi connectivity index (χ4n) is 1.48. The van der Waals surface area contributed by atoms with Crippen LogP contribution in [0.4, 0.5) is 5.69 Å². The molecule has 1 aromatic carbocycles. The molecule has 0 radical (unpaired) electrons. The van der Waals surface area contributed by atoms with Crippen molar-refractivity contribution in [1.82, 2.24) is 4.98 Å². The molecule has 0 fully saturated rings. The van der Waals surface area contributed by atoms with E-state index in [9.17, 15) is 14.9 Å². The van der Waals surface area contributed by atoms with Crippen LogP contribution < -0.4 is 0 Å². The maximum Gasteiger partial charge on any atom is 0.335 e. The summed E-state index contributed by atoms with van der Waals surface area (Å²) in [4.78, 5) is 25.3. The molecule has 0 aliphatic heterocycles. The molecule has 0 unspecified atom stereocenters. The number of nitrogens with zero attached hydrogens (tertiary/aromatic N) is 3. The van der Waals surface area contributed by atoms with Crippen molar-refractivity contribution >= 4 is 23.4 Å². The minimum Gasteiger partial charge on any atom is -0.478 e. The SMILES string of the molecule is N#Cc1cc([N+](=O)[O-])cnc1Sc1ccc(C(=O)O)cc1. The van der Waals surface area contributed by atoms with Gasteiger partial charge in [0.25, 0.3) is 5.69 Å². The molecule has 0 amide bonds. The zero-order chi connectivity index (χ0) is 15.4. The number of hydrogen-bond acceptors (Lipinski definition) is 6. The van der Waals surface area contributed by atoms with Crippen LogP contribution in [0.5, 0.6) is 0 Å². The van der Waals surface area contributed by atoms with Gasteiger partial charge in [-0.2, -0.15) is 5.26 Å². The average Bonchev–Trinajstić information content (AvgIpc) is 2.48. The maximum absolute atomic E-state index is 10.7. The topological polar surface area (TPSA) is 117 Å². The van der Waals surface area contributed by atoms with Gasteiger partial charge in [-0.3, -0.25) is 10.1 Å². The molecule has 0 atom stereocenters. The Morgan fingerprint density at radius 2 is 2.05 bits per heavy atom. The van der Waals surface area contributed by atoms with Crippen LogP contribution in [0.1, 0.15) is 15.9 Å². The largest absolute Gasteiger partial charge is 0.478 e. The van der Waals surface area contributed by atoms with Crippen molar-refractivity contribution in [2.75, 3.05) is 0 Å². The van der Waals surface area contributed by atoms with Crippen LogP contribution in [0, 0.1) is 21.4 Å². The van der Waals surface area contributed by atoms with Crippen molar-refractivity contribution in [1.29, 1.82) is 5.26 Å². The van der Waals surface area contributed by atoms with Gasteiger partial charge in [0.15, 0.2) is 0 Å². The Balaban J connectivity index is 2.29. The lowest BCUT2D eigenvalue weighted by Gasteiger charge is -2.03. The molecular formula is C13H7N3O4S. The number of aromatic carboxylic acids is 1. The standard InChI is InChI=1S/C13H7N3O4S/c14-6-9-5-10(16(19)20)7-15-12(9)21-11-3-1-8(2-4-11)13(17)18/h1-5,7H,(H,17,18). The molecule has 0 aliphatic carbocycles. The van der Waals surface area contributed by atoms with Crippen LogP contribution in [0.2, 0.25) is 0 Å². The number of carboxylic acid groups (broad SMARTS) is 1. The number of hydrogen-bond donors (Lipinski definition) is 1. The summed E-state index contributed by atoms with van der Waals surface area (Å²) in [6, 6.07) is 9.04. The molecule has 0 aliphatic rings. The lowest BCUT2D eigenvalue weighted by Crippen LogP contribution is -1.95. The summed E-state index contributed by atoms with van der Waals surface area (Å²) in [6.45, 7) is 0. The third kappa shape index (κ3) is 3.34. The Morgan fingerprint density at radius 3 is 2.57 bits per heavy atom. The molecule has 1 heterocycles. The summed E-state index contributed by atoms with van der Waals surface area (Å²) in [5.74, 6) is -1.03. The zero-order valence-corrected chi connectivity index (χ0v) is 11.2. The van der Waals surface area contributed by atoms with E-state index in [4.69, 9.17) is 10.4 Å². The molecule has 0 spiro atoms. The molecule has 1 aromatic heterocycles. The number of rotatable bonds is 4. The summed E-state index contributed by atoms with van der Waals surface area (Å²) in [7, 11) is 0. The van der Waals surface area contributed by atoms with Gasteiger partial charge in [0, 0.05) is 11.0 Å². The highest BCUT2D eigenvalue weighted by molar-refractivity contribution is 7.99. The molecule has 1 N–H and O–H groups in total. The average molecular weight is 301 g/mol. The van der Waals surface area contributed by atoms with Crippen molar-refractivity contribution in [2.45, 2.75) is 9.92 Å². The van der Waals surface area contributed by atoms with E-state index in [1.807, 2.05) is 6.07 Å². The Labute approximate surface area is 123 Å². The van der Waals surface area contributed by atoms with Gasteiger partial charge in [-0.1, -0.05) is 11.8 Å². The number of benzene rings is 1. The zero-order valence-electron chi connectivity index (χ0n) is 10.4. The van der Waals surface area contributed by atoms with Crippen LogP contribution in [0.15, 0.2) is 46.5 Å². The van der Waals surface area contributed by atoms with Crippen molar-refractivity contribution in [3.63, 3.8) is 0 Å². The molecule has 104 valence electrons. The van der Waals surface area contributed by atoms with Crippen LogP contribution in [-0.4, -0.2) is 21.0 Å². The summed E-state index contributed by atoms with van der Waals surface area (Å²) in [5.41, 5.74) is -0.00912. The van der Waals surface area contributed by atoms with Gasteiger partial charge in [-0.25, -0.2) is 9.78 Å². The minimum atomic E-state index is -1.03. The molecule has 8 heteroatoms. The summed E-state index contributed by atoms with van der Waals surface area (Å²) in [5, 5.41) is 28.8. The van der Waals surface area contributed by atoms with Crippen LogP contribution in [0.3, 0.4) is 0 Å². The lowest BCUT2D eigenvalue weighted by molar-refractivity contribution is -0.385. The Bertz CT molecular complexity index is 753. The van der Waals surface area contributed by atoms with Crippen LogP contribution in [0.25, 0.3) is 0 Å². The molecule has 21 heavy (non-hydrogen) atoms. The highest BCUT2D eigenvalue weighted by atomic mass is 32.2. The van der Waals surface area contributed by atoms with Crippen molar-refractivity contribution in [3.05, 3.63) is 57.8 Å². The quantitative estimate of drug-likeness (QED) is 0.681. The highest BCUT2D eigenvalue weighted by Crippen LogP contribution is 2.30. The Hall–Kier alpha value is -2.92. The van der Waals surface area contributed by atoms with E-state index in [2.05, 4.69) is 4.98 Å². The second-order valence-corrected chi connectivity index (χ2v) is 4.91. The predicted octanol–water partition coefficient (Wildman–Crippen LogP) is 2.71. The molecule has 0 saturated heterocycles. The monoisotopic (exact) mass is 301 g/mol. The van der Waals surface area contributed by atoms with Crippen molar-refractivity contribution in [2.24, 2.45) is 0 Å². The van der Waals surface area contributed by atoms with Gasteiger partial charge in [0.05, 0.1) is 16.1 Å². The molecule has 2 aromatic rings. The van der Waals surface area contributed by atoms with Gasteiger partial charge in [-0.15, -0.1) is 0 Å². The van der Waals surface area contributed by atoms with Crippen LogP contribution >= 0.6 is 11.8 Å². The van der Waals surface area contributed by atoms with E-state index in [0.29, 0.717) is 9.92 Å². The summed E-state index contributed by atoms with van der Waals surface area (Å²) < 4.78 is 0. The number of aromatic nitrogens is 1. The Morgan fingerprint density at radius 1 is 1.38 bits per heavy atom. The summed E-state index contributed by atoms with van der Waals surface area (Å²) in [6.07, 6.45) is 1.08. The minimum absolute atomic E-state index is 0.0940. The first-order chi connectivity index (χ1) is 10.0. The number of nitro groups is 1. The van der Waals surface area contributed by atoms with E-state index >= 15 is 0 Å². The normalized spacial score (nSPS) is 9.86. The smallest absolute Gasteiger partial charge is 0.335 e. The Kier molecular flexibility index (Phi) is 4.15. The highest BCUT2D eigenvalue weighted by Gasteiger charge is 2.13. The van der Waals surface area contributed by atoms with E-state index in [1.54, 1.807) is 12.1 Å². The molecule has 2 rings (SSSR count). The third-order valence-electron chi connectivity index (χ3n) is 2.48. The number of pyridine rings is 1. The maximum atomic E-state index is 10.7. The van der Waals surface area contributed by atoms with E-state index in [0.717, 1.165) is 24.0 Å². The third-order valence-corrected chi connectivity index (χ3v) is 3.51. The first-order valence-electron chi connectivity index (χ1n) is 5.57. The van der Waals surface area contributed by atoms with Gasteiger partial charge < -0.3 is 5.11 Å². The fourth-order valence-corrected chi connectivity index (χ4v) is 2.30. The molecule has 7 nitrogen and oxygen atoms in total. The fraction of sp³-hybridized carbons (Fsp3) is 0. The lowest BCUT2D eigenvalue weighted by atomic mass is 10.2. The van der Waals surface area contributed by atoms with E-state index < -0.39 is 10.9 Å². The van der Waals surface area contributed by atoms with Gasteiger partial charge in [0.1, 0.15) is 17.3 Å². The van der Waals surface area contributed by atoms with E-state index in [-0.39, 0.29) is 16.8 Å². The number of carboxylic acids is 1. The van der Waals surface area contributed by atoms with Crippen LogP contribution in [-0.2, 0) is 0 Å². The van der Waals surface area contributed by atoms with E-state index in [1.165, 1.54) is 12.1 Å². The second kappa shape index (κ2) is 6.02. The summed E-state index contributed by atoms with van der Waals surface area (Å²) >= 11 is 1.13. The van der Waals surface area contributed by atoms with Crippen molar-refractivity contribution < 1.29 is 14.8 Å². The molecular weight excluding hydrogens is 294 g/mol. The van der Waals surface area contributed by atoms with Gasteiger partial charge in [0.2, 0.25) is 0 Å². The van der Waals surface area contributed by atoms with Gasteiger partial charge >= 0.3 is 5.97 Å². The van der Waals surface area contributed by atoms with Crippen molar-refractivity contribution in [3.8, 4) is 6.07 Å². The van der Waals surface area contributed by atoms with Gasteiger partial charge in [-0.05, 0) is 24.3 Å². The molecule has 0 saturated carbocycles. The first kappa shape index (κ1) is 14.5. The number of nitriles is 1. The predicted molar refractivity (Wildman–Crippen MR) is 73.1 cm³/mol. The molecule has 0 bridgehead atoms. The first-order valence-corrected chi connectivity index (χ1v) is 6.38.